The number of hydrogen-bond donors (Lipinski definition) is 0. The van der Waals surface area contributed by atoms with Gasteiger partial charge in [-0.3, -0.25) is 4.79 Å². The van der Waals surface area contributed by atoms with Crippen molar-refractivity contribution in [3.05, 3.63) is 16.1 Å². The van der Waals surface area contributed by atoms with Crippen LogP contribution in [-0.4, -0.2) is 47.0 Å². The zero-order valence-corrected chi connectivity index (χ0v) is 13.9. The summed E-state index contributed by atoms with van der Waals surface area (Å²) in [5.41, 5.74) is 0.552. The standard InChI is InChI=1S/C14H22N2O2S2/c1-4-19-11-6-5-10(7-11)16(2)14(17)12-9-20-13(15-12)8-18-3/h9-11H,4-8H2,1-3H3/t10-,11-/m0/s1. The average Bonchev–Trinajstić information content (AvgIpc) is 3.07. The Labute approximate surface area is 128 Å². The SMILES string of the molecule is CCS[C@H]1CC[C@H](N(C)C(=O)c2csc(COC)n2)C1. The Kier molecular flexibility index (Phi) is 5.86. The van der Waals surface area contributed by atoms with Crippen LogP contribution in [0.5, 0.6) is 0 Å². The maximum atomic E-state index is 12.4. The van der Waals surface area contributed by atoms with Gasteiger partial charge in [-0.2, -0.15) is 11.8 Å². The summed E-state index contributed by atoms with van der Waals surface area (Å²) < 4.78 is 5.04. The molecule has 1 aromatic rings. The molecule has 4 nitrogen and oxygen atoms in total. The summed E-state index contributed by atoms with van der Waals surface area (Å²) >= 11 is 3.49. The molecule has 20 heavy (non-hydrogen) atoms. The predicted molar refractivity (Wildman–Crippen MR) is 84.5 cm³/mol. The molecule has 1 aromatic heterocycles. The highest BCUT2D eigenvalue weighted by atomic mass is 32.2. The fourth-order valence-corrected chi connectivity index (χ4v) is 4.47. The Morgan fingerprint density at radius 2 is 2.40 bits per heavy atom. The third kappa shape index (κ3) is 3.74. The van der Waals surface area contributed by atoms with Crippen molar-refractivity contribution in [3.8, 4) is 0 Å². The monoisotopic (exact) mass is 314 g/mol. The van der Waals surface area contributed by atoms with Crippen LogP contribution in [0.3, 0.4) is 0 Å². The van der Waals surface area contributed by atoms with Crippen LogP contribution in [0, 0.1) is 0 Å². The minimum Gasteiger partial charge on any atom is -0.378 e. The van der Waals surface area contributed by atoms with Gasteiger partial charge in [-0.05, 0) is 25.0 Å². The number of rotatable bonds is 6. The molecular weight excluding hydrogens is 292 g/mol. The smallest absolute Gasteiger partial charge is 0.273 e. The van der Waals surface area contributed by atoms with Gasteiger partial charge in [-0.15, -0.1) is 11.3 Å². The first-order valence-electron chi connectivity index (χ1n) is 6.97. The lowest BCUT2D eigenvalue weighted by Gasteiger charge is -2.23. The molecule has 1 saturated carbocycles. The Morgan fingerprint density at radius 3 is 3.10 bits per heavy atom. The highest BCUT2D eigenvalue weighted by molar-refractivity contribution is 7.99. The minimum absolute atomic E-state index is 0.0377. The number of hydrogen-bond acceptors (Lipinski definition) is 5. The van der Waals surface area contributed by atoms with Gasteiger partial charge < -0.3 is 9.64 Å². The summed E-state index contributed by atoms with van der Waals surface area (Å²) in [4.78, 5) is 18.7. The molecule has 0 aliphatic heterocycles. The molecule has 112 valence electrons. The number of carbonyl (C=O) groups excluding carboxylic acids is 1. The van der Waals surface area contributed by atoms with Crippen LogP contribution < -0.4 is 0 Å². The highest BCUT2D eigenvalue weighted by Gasteiger charge is 2.30. The van der Waals surface area contributed by atoms with Gasteiger partial charge in [0.1, 0.15) is 10.7 Å². The molecule has 0 unspecified atom stereocenters. The first kappa shape index (κ1) is 15.8. The molecule has 1 aliphatic carbocycles. The molecule has 0 aromatic carbocycles. The second-order valence-electron chi connectivity index (χ2n) is 5.02. The molecule has 6 heteroatoms. The van der Waals surface area contributed by atoms with Gasteiger partial charge in [0, 0.05) is 30.8 Å². The van der Waals surface area contributed by atoms with Gasteiger partial charge in [0.05, 0.1) is 6.61 Å². The number of carbonyl (C=O) groups is 1. The molecule has 1 amide bonds. The number of nitrogens with zero attached hydrogens (tertiary/aromatic N) is 2. The Balaban J connectivity index is 1.94. The van der Waals surface area contributed by atoms with Crippen molar-refractivity contribution < 1.29 is 9.53 Å². The van der Waals surface area contributed by atoms with Gasteiger partial charge in [0.25, 0.3) is 5.91 Å². The summed E-state index contributed by atoms with van der Waals surface area (Å²) in [6, 6.07) is 0.360. The van der Waals surface area contributed by atoms with E-state index >= 15 is 0 Å². The molecular formula is C14H22N2O2S2. The molecule has 2 rings (SSSR count). The van der Waals surface area contributed by atoms with Crippen LogP contribution in [0.2, 0.25) is 0 Å². The largest absolute Gasteiger partial charge is 0.378 e. The van der Waals surface area contributed by atoms with Crippen LogP contribution in [-0.2, 0) is 11.3 Å². The lowest BCUT2D eigenvalue weighted by atomic mass is 10.2. The zero-order valence-electron chi connectivity index (χ0n) is 12.3. The third-order valence-corrected chi connectivity index (χ3v) is 5.72. The van der Waals surface area contributed by atoms with Crippen molar-refractivity contribution >= 4 is 29.0 Å². The topological polar surface area (TPSA) is 42.4 Å². The summed E-state index contributed by atoms with van der Waals surface area (Å²) in [5.74, 6) is 1.19. The van der Waals surface area contributed by atoms with E-state index in [4.69, 9.17) is 4.74 Å². The summed E-state index contributed by atoms with van der Waals surface area (Å²) in [5, 5.41) is 3.40. The fraction of sp³-hybridized carbons (Fsp3) is 0.714. The number of aromatic nitrogens is 1. The van der Waals surface area contributed by atoms with E-state index in [1.807, 2.05) is 29.1 Å². The lowest BCUT2D eigenvalue weighted by Crippen LogP contribution is -2.35. The van der Waals surface area contributed by atoms with Crippen LogP contribution >= 0.6 is 23.1 Å². The first-order chi connectivity index (χ1) is 9.65. The van der Waals surface area contributed by atoms with E-state index in [-0.39, 0.29) is 5.91 Å². The third-order valence-electron chi connectivity index (χ3n) is 3.67. The summed E-state index contributed by atoms with van der Waals surface area (Å²) in [6.07, 6.45) is 3.43. The maximum Gasteiger partial charge on any atom is 0.273 e. The molecule has 0 radical (unpaired) electrons. The molecule has 0 spiro atoms. The normalized spacial score (nSPS) is 22.1. The van der Waals surface area contributed by atoms with Gasteiger partial charge in [0.15, 0.2) is 0 Å². The second-order valence-corrected chi connectivity index (χ2v) is 7.54. The second kappa shape index (κ2) is 7.43. The first-order valence-corrected chi connectivity index (χ1v) is 8.90. The Bertz CT molecular complexity index is 450. The van der Waals surface area contributed by atoms with E-state index < -0.39 is 0 Å². The fourth-order valence-electron chi connectivity index (χ4n) is 2.60. The number of ether oxygens (including phenoxy) is 1. The Morgan fingerprint density at radius 1 is 1.60 bits per heavy atom. The van der Waals surface area contributed by atoms with Gasteiger partial charge in [-0.25, -0.2) is 4.98 Å². The van der Waals surface area contributed by atoms with E-state index in [0.29, 0.717) is 23.6 Å². The summed E-state index contributed by atoms with van der Waals surface area (Å²) in [7, 11) is 3.54. The molecule has 0 bridgehead atoms. The van der Waals surface area contributed by atoms with Crippen molar-refractivity contribution in [2.75, 3.05) is 19.9 Å². The lowest BCUT2D eigenvalue weighted by molar-refractivity contribution is 0.0729. The summed E-state index contributed by atoms with van der Waals surface area (Å²) in [6.45, 7) is 2.67. The van der Waals surface area contributed by atoms with Crippen LogP contribution in [0.4, 0.5) is 0 Å². The Hall–Kier alpha value is -0.590. The molecule has 0 saturated heterocycles. The van der Waals surface area contributed by atoms with Gasteiger partial charge in [0.2, 0.25) is 0 Å². The number of amides is 1. The molecule has 0 N–H and O–H groups in total. The van der Waals surface area contributed by atoms with E-state index in [9.17, 15) is 4.79 Å². The maximum absolute atomic E-state index is 12.4. The minimum atomic E-state index is 0.0377. The van der Waals surface area contributed by atoms with Crippen molar-refractivity contribution in [2.24, 2.45) is 0 Å². The van der Waals surface area contributed by atoms with E-state index in [1.54, 1.807) is 7.11 Å². The van der Waals surface area contributed by atoms with E-state index in [2.05, 4.69) is 11.9 Å². The number of thioether (sulfide) groups is 1. The highest BCUT2D eigenvalue weighted by Crippen LogP contribution is 2.32. The number of thiazole rings is 1. The van der Waals surface area contributed by atoms with Gasteiger partial charge in [-0.1, -0.05) is 6.92 Å². The van der Waals surface area contributed by atoms with Crippen molar-refractivity contribution in [1.29, 1.82) is 0 Å². The van der Waals surface area contributed by atoms with Crippen molar-refractivity contribution in [1.82, 2.24) is 9.88 Å². The van der Waals surface area contributed by atoms with Crippen LogP contribution in [0.15, 0.2) is 5.38 Å². The predicted octanol–water partition coefficient (Wildman–Crippen LogP) is 3.04. The van der Waals surface area contributed by atoms with Crippen molar-refractivity contribution in [3.63, 3.8) is 0 Å². The van der Waals surface area contributed by atoms with Crippen molar-refractivity contribution in [2.45, 2.75) is 44.1 Å². The molecule has 1 heterocycles. The van der Waals surface area contributed by atoms with Gasteiger partial charge >= 0.3 is 0 Å². The molecule has 2 atom stereocenters. The quantitative estimate of drug-likeness (QED) is 0.809. The number of methoxy groups -OCH3 is 1. The molecule has 1 fully saturated rings. The molecule has 1 aliphatic rings. The van der Waals surface area contributed by atoms with Crippen LogP contribution in [0.1, 0.15) is 41.7 Å². The average molecular weight is 314 g/mol. The van der Waals surface area contributed by atoms with E-state index in [1.165, 1.54) is 17.8 Å². The van der Waals surface area contributed by atoms with Crippen LogP contribution in [0.25, 0.3) is 0 Å². The van der Waals surface area contributed by atoms with E-state index in [0.717, 1.165) is 23.6 Å². The zero-order chi connectivity index (χ0) is 14.5.